The Balaban J connectivity index is 4.63. The molecule has 2 amide bonds. The monoisotopic (exact) mass is 873 g/mol. The van der Waals surface area contributed by atoms with E-state index in [0.29, 0.717) is 13.1 Å². The fraction of sp³-hybridized carbons (Fsp3) is 0.929. The van der Waals surface area contributed by atoms with Crippen LogP contribution >= 0.6 is 0 Å². The maximum absolute atomic E-state index is 12.7. The lowest BCUT2D eigenvalue weighted by molar-refractivity contribution is -0.118. The molecular formula is C56H112N4O2. The molecular weight excluding hydrogens is 761 g/mol. The first kappa shape index (κ1) is 60.6. The first-order valence-corrected chi connectivity index (χ1v) is 28.3. The topological polar surface area (TPSA) is 64.7 Å². The van der Waals surface area contributed by atoms with Gasteiger partial charge in [0, 0.05) is 38.3 Å². The van der Waals surface area contributed by atoms with Crippen molar-refractivity contribution in [1.29, 1.82) is 0 Å². The summed E-state index contributed by atoms with van der Waals surface area (Å²) in [6, 6.07) is 0. The molecule has 0 saturated heterocycles. The van der Waals surface area contributed by atoms with Gasteiger partial charge >= 0.3 is 0 Å². The number of nitrogens with one attached hydrogen (secondary N) is 2. The van der Waals surface area contributed by atoms with Gasteiger partial charge in [-0.05, 0) is 51.9 Å². The second-order valence-electron chi connectivity index (χ2n) is 19.3. The highest BCUT2D eigenvalue weighted by Gasteiger charge is 2.09. The molecule has 0 radical (unpaired) electrons. The Kier molecular flexibility index (Phi) is 51.0. The van der Waals surface area contributed by atoms with E-state index < -0.39 is 0 Å². The number of hydrogen-bond donors (Lipinski definition) is 2. The number of hydrogen-bond acceptors (Lipinski definition) is 4. The fourth-order valence-corrected chi connectivity index (χ4v) is 8.91. The molecule has 0 aromatic carbocycles. The Morgan fingerprint density at radius 2 is 0.452 bits per heavy atom. The summed E-state index contributed by atoms with van der Waals surface area (Å²) in [6.45, 7) is 16.7. The predicted octanol–water partition coefficient (Wildman–Crippen LogP) is 16.1. The zero-order valence-electron chi connectivity index (χ0n) is 42.8. The van der Waals surface area contributed by atoms with Crippen LogP contribution in [0.1, 0.15) is 285 Å². The number of nitrogens with zero attached hydrogens (tertiary/aromatic N) is 2. The average molecular weight is 874 g/mol. The standard InChI is InChI=1S/C56H112N4O2/c1-5-9-13-17-21-25-29-33-37-41-49-59(50-42-38-34-30-26-22-18-14-10-6-2)53-47-57-55(61)45-46-56(62)58-48-54-60(51-43-39-35-31-27-23-19-15-11-7-3)52-44-40-36-32-28-24-20-16-12-8-4/h45-46H,5-44,47-54H2,1-4H3,(H,57,61)(H,58,62)/b46-45+. The maximum Gasteiger partial charge on any atom is 0.244 e. The van der Waals surface area contributed by atoms with Crippen LogP contribution in [0.3, 0.4) is 0 Å². The van der Waals surface area contributed by atoms with E-state index in [4.69, 9.17) is 0 Å². The van der Waals surface area contributed by atoms with Crippen molar-refractivity contribution in [2.24, 2.45) is 0 Å². The lowest BCUT2D eigenvalue weighted by Crippen LogP contribution is -2.36. The van der Waals surface area contributed by atoms with Crippen molar-refractivity contribution in [3.8, 4) is 0 Å². The van der Waals surface area contributed by atoms with Gasteiger partial charge in [0.25, 0.3) is 0 Å². The molecule has 0 unspecified atom stereocenters. The predicted molar refractivity (Wildman–Crippen MR) is 275 cm³/mol. The van der Waals surface area contributed by atoms with Gasteiger partial charge in [-0.25, -0.2) is 0 Å². The van der Waals surface area contributed by atoms with E-state index in [1.165, 1.54) is 269 Å². The lowest BCUT2D eigenvalue weighted by Gasteiger charge is -2.22. The Bertz CT molecular complexity index is 806. The molecule has 62 heavy (non-hydrogen) atoms. The number of rotatable bonds is 52. The largest absolute Gasteiger partial charge is 0.351 e. The summed E-state index contributed by atoms with van der Waals surface area (Å²) in [5, 5.41) is 6.14. The maximum atomic E-state index is 12.7. The molecule has 6 heteroatoms. The van der Waals surface area contributed by atoms with Gasteiger partial charge in [-0.1, -0.05) is 259 Å². The first-order chi connectivity index (χ1) is 30.6. The summed E-state index contributed by atoms with van der Waals surface area (Å²) in [5.74, 6) is -0.331. The molecule has 0 heterocycles. The van der Waals surface area contributed by atoms with Crippen LogP contribution in [0.2, 0.25) is 0 Å². The van der Waals surface area contributed by atoms with E-state index in [2.05, 4.69) is 48.1 Å². The van der Waals surface area contributed by atoms with Crippen molar-refractivity contribution in [2.75, 3.05) is 52.4 Å². The molecule has 0 aromatic heterocycles. The van der Waals surface area contributed by atoms with Crippen LogP contribution in [-0.2, 0) is 9.59 Å². The summed E-state index contributed by atoms with van der Waals surface area (Å²) in [7, 11) is 0. The smallest absolute Gasteiger partial charge is 0.244 e. The van der Waals surface area contributed by atoms with Crippen molar-refractivity contribution < 1.29 is 9.59 Å². The Hall–Kier alpha value is -1.40. The Labute approximate surface area is 389 Å². The summed E-state index contributed by atoms with van der Waals surface area (Å²) >= 11 is 0. The molecule has 0 atom stereocenters. The zero-order valence-corrected chi connectivity index (χ0v) is 42.8. The second-order valence-corrected chi connectivity index (χ2v) is 19.3. The van der Waals surface area contributed by atoms with Gasteiger partial charge < -0.3 is 20.4 Å². The number of amides is 2. The van der Waals surface area contributed by atoms with Gasteiger partial charge in [-0.3, -0.25) is 9.59 Å². The minimum absolute atomic E-state index is 0.165. The highest BCUT2D eigenvalue weighted by molar-refractivity contribution is 5.96. The van der Waals surface area contributed by atoms with E-state index >= 15 is 0 Å². The zero-order chi connectivity index (χ0) is 45.1. The lowest BCUT2D eigenvalue weighted by atomic mass is 10.1. The minimum atomic E-state index is -0.165. The Morgan fingerprint density at radius 1 is 0.274 bits per heavy atom. The SMILES string of the molecule is CCCCCCCCCCCCN(CCCCCCCCCCCC)CCNC(=O)/C=C/C(=O)NCCN(CCCCCCCCCCCC)CCCCCCCCCCCC. The molecule has 0 fully saturated rings. The number of carbonyl (C=O) groups is 2. The van der Waals surface area contributed by atoms with Crippen molar-refractivity contribution in [3.63, 3.8) is 0 Å². The van der Waals surface area contributed by atoms with Gasteiger partial charge in [0.15, 0.2) is 0 Å². The summed E-state index contributed by atoms with van der Waals surface area (Å²) in [4.78, 5) is 30.6. The fourth-order valence-electron chi connectivity index (χ4n) is 8.91. The van der Waals surface area contributed by atoms with Gasteiger partial charge in [-0.15, -0.1) is 0 Å². The van der Waals surface area contributed by atoms with E-state index in [1.807, 2.05) is 0 Å². The third-order valence-corrected chi connectivity index (χ3v) is 13.2. The van der Waals surface area contributed by atoms with Crippen molar-refractivity contribution in [1.82, 2.24) is 20.4 Å². The van der Waals surface area contributed by atoms with E-state index in [9.17, 15) is 9.59 Å². The molecule has 0 aliphatic rings. The van der Waals surface area contributed by atoms with Crippen molar-refractivity contribution in [2.45, 2.75) is 285 Å². The molecule has 0 aliphatic carbocycles. The van der Waals surface area contributed by atoms with Gasteiger partial charge in [-0.2, -0.15) is 0 Å². The van der Waals surface area contributed by atoms with Crippen LogP contribution < -0.4 is 10.6 Å². The normalized spacial score (nSPS) is 11.8. The number of carbonyl (C=O) groups excluding carboxylic acids is 2. The molecule has 0 saturated carbocycles. The van der Waals surface area contributed by atoms with E-state index in [0.717, 1.165) is 39.3 Å². The van der Waals surface area contributed by atoms with Crippen LogP contribution in [0.15, 0.2) is 12.2 Å². The van der Waals surface area contributed by atoms with Gasteiger partial charge in [0.1, 0.15) is 0 Å². The summed E-state index contributed by atoms with van der Waals surface area (Å²) in [6.07, 6.45) is 57.2. The van der Waals surface area contributed by atoms with E-state index in [-0.39, 0.29) is 11.8 Å². The highest BCUT2D eigenvalue weighted by Crippen LogP contribution is 2.15. The van der Waals surface area contributed by atoms with Crippen LogP contribution in [0.25, 0.3) is 0 Å². The third kappa shape index (κ3) is 48.1. The highest BCUT2D eigenvalue weighted by atomic mass is 16.2. The summed E-state index contributed by atoms with van der Waals surface area (Å²) in [5.41, 5.74) is 0. The molecule has 0 rings (SSSR count). The van der Waals surface area contributed by atoms with Crippen LogP contribution in [0, 0.1) is 0 Å². The average Bonchev–Trinajstić information content (AvgIpc) is 3.27. The minimum Gasteiger partial charge on any atom is -0.351 e. The molecule has 368 valence electrons. The van der Waals surface area contributed by atoms with Crippen molar-refractivity contribution >= 4 is 11.8 Å². The Morgan fingerprint density at radius 3 is 0.645 bits per heavy atom. The molecule has 6 nitrogen and oxygen atoms in total. The van der Waals surface area contributed by atoms with Crippen LogP contribution in [0.4, 0.5) is 0 Å². The van der Waals surface area contributed by atoms with Crippen LogP contribution in [-0.4, -0.2) is 74.0 Å². The van der Waals surface area contributed by atoms with Crippen LogP contribution in [0.5, 0.6) is 0 Å². The molecule has 0 bridgehead atoms. The summed E-state index contributed by atoms with van der Waals surface area (Å²) < 4.78 is 0. The second kappa shape index (κ2) is 52.2. The third-order valence-electron chi connectivity index (χ3n) is 13.2. The van der Waals surface area contributed by atoms with Gasteiger partial charge in [0.2, 0.25) is 11.8 Å². The van der Waals surface area contributed by atoms with E-state index in [1.54, 1.807) is 0 Å². The molecule has 0 aromatic rings. The molecule has 0 spiro atoms. The first-order valence-electron chi connectivity index (χ1n) is 28.3. The number of unbranched alkanes of at least 4 members (excludes halogenated alkanes) is 36. The molecule has 2 N–H and O–H groups in total. The van der Waals surface area contributed by atoms with Crippen molar-refractivity contribution in [3.05, 3.63) is 12.2 Å². The van der Waals surface area contributed by atoms with Gasteiger partial charge in [0.05, 0.1) is 0 Å². The quantitative estimate of drug-likeness (QED) is 0.0472. The molecule has 0 aliphatic heterocycles.